The van der Waals surface area contributed by atoms with Crippen molar-refractivity contribution >= 4 is 11.5 Å². The van der Waals surface area contributed by atoms with Crippen LogP contribution in [0.1, 0.15) is 45.2 Å². The summed E-state index contributed by atoms with van der Waals surface area (Å²) in [5.74, 6) is 0.811. The highest BCUT2D eigenvalue weighted by Crippen LogP contribution is 2.41. The van der Waals surface area contributed by atoms with Crippen molar-refractivity contribution < 1.29 is 9.66 Å². The van der Waals surface area contributed by atoms with Crippen LogP contribution in [-0.4, -0.2) is 34.2 Å². The topological polar surface area (TPSA) is 68.5 Å². The first kappa shape index (κ1) is 15.2. The lowest BCUT2D eigenvalue weighted by atomic mass is 9.94. The molecule has 1 aliphatic heterocycles. The first-order chi connectivity index (χ1) is 10.3. The van der Waals surface area contributed by atoms with E-state index in [2.05, 4.69) is 23.7 Å². The minimum absolute atomic E-state index is 0.0758. The Hall–Kier alpha value is -1.69. The van der Waals surface area contributed by atoms with Crippen molar-refractivity contribution in [3.63, 3.8) is 0 Å². The lowest BCUT2D eigenvalue weighted by Gasteiger charge is -2.49. The van der Waals surface area contributed by atoms with Crippen molar-refractivity contribution in [2.24, 2.45) is 0 Å². The van der Waals surface area contributed by atoms with Crippen molar-refractivity contribution in [1.82, 2.24) is 4.98 Å². The van der Waals surface area contributed by atoms with Gasteiger partial charge in [0.1, 0.15) is 11.5 Å². The number of hydrogen-bond donors (Lipinski definition) is 0. The zero-order valence-electron chi connectivity index (χ0n) is 13.5. The summed E-state index contributed by atoms with van der Waals surface area (Å²) in [6, 6.07) is 3.32. The number of pyridine rings is 1. The third kappa shape index (κ3) is 2.79. The molecule has 0 radical (unpaired) electrons. The molecule has 1 saturated carbocycles. The summed E-state index contributed by atoms with van der Waals surface area (Å²) in [5, 5.41) is 10.9. The SMILES string of the molecule is Cc1nc(N2CC(C)(C)OC3(CCCC3)C2)ccc1[N+](=O)[O-]. The number of aryl methyl sites for hydroxylation is 1. The van der Waals surface area contributed by atoms with Gasteiger partial charge in [-0.1, -0.05) is 12.8 Å². The average molecular weight is 305 g/mol. The molecule has 6 nitrogen and oxygen atoms in total. The molecule has 2 fully saturated rings. The number of nitrogens with zero attached hydrogens (tertiary/aromatic N) is 3. The molecule has 0 amide bonds. The fourth-order valence-corrected chi connectivity index (χ4v) is 3.87. The van der Waals surface area contributed by atoms with Crippen LogP contribution >= 0.6 is 0 Å². The van der Waals surface area contributed by atoms with Crippen LogP contribution in [0.2, 0.25) is 0 Å². The van der Waals surface area contributed by atoms with E-state index in [-0.39, 0.29) is 21.8 Å². The molecular formula is C16H23N3O3. The number of rotatable bonds is 2. The molecular weight excluding hydrogens is 282 g/mol. The Balaban J connectivity index is 1.90. The molecule has 1 aromatic heterocycles. The smallest absolute Gasteiger partial charge is 0.290 e. The van der Waals surface area contributed by atoms with Gasteiger partial charge in [0.05, 0.1) is 16.1 Å². The van der Waals surface area contributed by atoms with Gasteiger partial charge in [-0.3, -0.25) is 10.1 Å². The number of morpholine rings is 1. The minimum atomic E-state index is -0.381. The summed E-state index contributed by atoms with van der Waals surface area (Å²) in [7, 11) is 0. The van der Waals surface area contributed by atoms with Gasteiger partial charge in [0, 0.05) is 19.2 Å². The van der Waals surface area contributed by atoms with Gasteiger partial charge in [0.25, 0.3) is 5.69 Å². The second-order valence-electron chi connectivity index (χ2n) is 7.14. The second-order valence-corrected chi connectivity index (χ2v) is 7.14. The molecule has 1 spiro atoms. The third-order valence-corrected chi connectivity index (χ3v) is 4.62. The van der Waals surface area contributed by atoms with E-state index < -0.39 is 0 Å². The van der Waals surface area contributed by atoms with Crippen molar-refractivity contribution in [3.05, 3.63) is 27.9 Å². The van der Waals surface area contributed by atoms with E-state index in [1.807, 2.05) is 0 Å². The minimum Gasteiger partial charge on any atom is -0.365 e. The van der Waals surface area contributed by atoms with Crippen LogP contribution in [-0.2, 0) is 4.74 Å². The third-order valence-electron chi connectivity index (χ3n) is 4.62. The van der Waals surface area contributed by atoms with Crippen LogP contribution in [0.5, 0.6) is 0 Å². The largest absolute Gasteiger partial charge is 0.365 e. The quantitative estimate of drug-likeness (QED) is 0.620. The molecule has 0 atom stereocenters. The summed E-state index contributed by atoms with van der Waals surface area (Å²) in [6.07, 6.45) is 4.57. The number of aromatic nitrogens is 1. The van der Waals surface area contributed by atoms with Crippen LogP contribution < -0.4 is 4.90 Å². The first-order valence-corrected chi connectivity index (χ1v) is 7.88. The Morgan fingerprint density at radius 3 is 2.55 bits per heavy atom. The molecule has 0 bridgehead atoms. The van der Waals surface area contributed by atoms with Crippen molar-refractivity contribution in [1.29, 1.82) is 0 Å². The lowest BCUT2D eigenvalue weighted by Crippen LogP contribution is -2.59. The molecule has 1 aromatic rings. The molecule has 1 saturated heterocycles. The maximum Gasteiger partial charge on any atom is 0.290 e. The van der Waals surface area contributed by atoms with Gasteiger partial charge in [-0.15, -0.1) is 0 Å². The monoisotopic (exact) mass is 305 g/mol. The Kier molecular flexibility index (Phi) is 3.59. The molecule has 0 unspecified atom stereocenters. The predicted molar refractivity (Wildman–Crippen MR) is 84.2 cm³/mol. The number of hydrogen-bond acceptors (Lipinski definition) is 5. The van der Waals surface area contributed by atoms with Gasteiger partial charge < -0.3 is 9.64 Å². The first-order valence-electron chi connectivity index (χ1n) is 7.88. The van der Waals surface area contributed by atoms with Gasteiger partial charge in [-0.2, -0.15) is 0 Å². The van der Waals surface area contributed by atoms with Gasteiger partial charge in [-0.25, -0.2) is 4.98 Å². The van der Waals surface area contributed by atoms with Gasteiger partial charge in [0.2, 0.25) is 0 Å². The summed E-state index contributed by atoms with van der Waals surface area (Å²) < 4.78 is 6.39. The zero-order valence-corrected chi connectivity index (χ0v) is 13.5. The van der Waals surface area contributed by atoms with Gasteiger partial charge in [-0.05, 0) is 39.7 Å². The molecule has 120 valence electrons. The molecule has 3 rings (SSSR count). The van der Waals surface area contributed by atoms with E-state index >= 15 is 0 Å². The lowest BCUT2D eigenvalue weighted by molar-refractivity contribution is -0.385. The predicted octanol–water partition coefficient (Wildman–Crippen LogP) is 3.23. The molecule has 1 aliphatic carbocycles. The Bertz CT molecular complexity index is 594. The van der Waals surface area contributed by atoms with Gasteiger partial charge >= 0.3 is 0 Å². The number of ether oxygens (including phenoxy) is 1. The van der Waals surface area contributed by atoms with E-state index in [4.69, 9.17) is 4.74 Å². The Morgan fingerprint density at radius 2 is 1.95 bits per heavy atom. The fourth-order valence-electron chi connectivity index (χ4n) is 3.87. The van der Waals surface area contributed by atoms with E-state index in [9.17, 15) is 10.1 Å². The Labute approximate surface area is 130 Å². The summed E-state index contributed by atoms with van der Waals surface area (Å²) >= 11 is 0. The summed E-state index contributed by atoms with van der Waals surface area (Å²) in [5.41, 5.74) is 0.220. The van der Waals surface area contributed by atoms with Crippen LogP contribution in [0.3, 0.4) is 0 Å². The number of nitro groups is 1. The average Bonchev–Trinajstić information content (AvgIpc) is 2.83. The van der Waals surface area contributed by atoms with E-state index in [0.717, 1.165) is 31.7 Å². The van der Waals surface area contributed by atoms with Crippen molar-refractivity contribution in [2.75, 3.05) is 18.0 Å². The molecule has 6 heteroatoms. The van der Waals surface area contributed by atoms with Crippen LogP contribution in [0, 0.1) is 17.0 Å². The van der Waals surface area contributed by atoms with E-state index in [1.54, 1.807) is 19.1 Å². The van der Waals surface area contributed by atoms with Crippen LogP contribution in [0.4, 0.5) is 11.5 Å². The highest BCUT2D eigenvalue weighted by Gasteiger charge is 2.46. The Morgan fingerprint density at radius 1 is 1.27 bits per heavy atom. The van der Waals surface area contributed by atoms with Crippen LogP contribution in [0.25, 0.3) is 0 Å². The normalized spacial score (nSPS) is 23.0. The zero-order chi connectivity index (χ0) is 16.0. The number of anilines is 1. The van der Waals surface area contributed by atoms with E-state index in [0.29, 0.717) is 5.69 Å². The van der Waals surface area contributed by atoms with Crippen molar-refractivity contribution in [2.45, 2.75) is 57.7 Å². The summed E-state index contributed by atoms with van der Waals surface area (Å²) in [6.45, 7) is 7.48. The highest BCUT2D eigenvalue weighted by atomic mass is 16.6. The fraction of sp³-hybridized carbons (Fsp3) is 0.688. The molecule has 22 heavy (non-hydrogen) atoms. The maximum absolute atomic E-state index is 10.9. The molecule has 2 aliphatic rings. The molecule has 0 N–H and O–H groups in total. The molecule has 0 aromatic carbocycles. The standard InChI is InChI=1S/C16H23N3O3/c1-12-13(19(20)21)6-7-14(17-12)18-10-15(2,3)22-16(11-18)8-4-5-9-16/h6-7H,4-5,8-11H2,1-3H3. The maximum atomic E-state index is 10.9. The second kappa shape index (κ2) is 5.19. The summed E-state index contributed by atoms with van der Waals surface area (Å²) in [4.78, 5) is 17.3. The van der Waals surface area contributed by atoms with Crippen molar-refractivity contribution in [3.8, 4) is 0 Å². The molecule has 2 heterocycles. The van der Waals surface area contributed by atoms with Crippen LogP contribution in [0.15, 0.2) is 12.1 Å². The van der Waals surface area contributed by atoms with Gasteiger partial charge in [0.15, 0.2) is 0 Å². The highest BCUT2D eigenvalue weighted by molar-refractivity contribution is 5.48. The van der Waals surface area contributed by atoms with E-state index in [1.165, 1.54) is 12.8 Å².